The molecule has 3 atom stereocenters. The Balaban J connectivity index is 1.59. The Hall–Kier alpha value is -1.84. The summed E-state index contributed by atoms with van der Waals surface area (Å²) in [6.07, 6.45) is 7.42. The zero-order valence-corrected chi connectivity index (χ0v) is 15.4. The summed E-state index contributed by atoms with van der Waals surface area (Å²) >= 11 is 0. The third-order valence-corrected chi connectivity index (χ3v) is 6.67. The van der Waals surface area contributed by atoms with Gasteiger partial charge in [0.25, 0.3) is 0 Å². The van der Waals surface area contributed by atoms with Gasteiger partial charge in [0.05, 0.1) is 0 Å². The third-order valence-electron chi connectivity index (χ3n) is 6.67. The lowest BCUT2D eigenvalue weighted by atomic mass is 9.60. The van der Waals surface area contributed by atoms with Gasteiger partial charge in [0, 0.05) is 16.4 Å². The number of fused-ring (bicyclic) bond motifs is 4. The largest absolute Gasteiger partial charge is 0.440 e. The molecule has 0 spiro atoms. The van der Waals surface area contributed by atoms with E-state index in [1.165, 1.54) is 24.0 Å². The van der Waals surface area contributed by atoms with Gasteiger partial charge in [-0.3, -0.25) is 4.79 Å². The number of benzene rings is 1. The van der Waals surface area contributed by atoms with Gasteiger partial charge in [-0.2, -0.15) is 0 Å². The summed E-state index contributed by atoms with van der Waals surface area (Å²) in [6.45, 7) is 6.47. The van der Waals surface area contributed by atoms with E-state index in [-0.39, 0.29) is 22.3 Å². The van der Waals surface area contributed by atoms with Gasteiger partial charge >= 0.3 is 0 Å². The molecule has 1 saturated carbocycles. The van der Waals surface area contributed by atoms with Gasteiger partial charge in [-0.05, 0) is 75.1 Å². The molecule has 4 heteroatoms. The molecular formula is C21H26N2O2. The molecule has 3 aliphatic rings. The van der Waals surface area contributed by atoms with Crippen LogP contribution in [0.15, 0.2) is 16.5 Å². The lowest BCUT2D eigenvalue weighted by Crippen LogP contribution is -2.46. The van der Waals surface area contributed by atoms with E-state index in [0.717, 1.165) is 49.1 Å². The van der Waals surface area contributed by atoms with Gasteiger partial charge in [-0.25, -0.2) is 4.98 Å². The Morgan fingerprint density at radius 1 is 1.00 bits per heavy atom. The average molecular weight is 338 g/mol. The van der Waals surface area contributed by atoms with E-state index >= 15 is 0 Å². The highest BCUT2D eigenvalue weighted by Gasteiger charge is 2.60. The minimum Gasteiger partial charge on any atom is -0.440 e. The van der Waals surface area contributed by atoms with E-state index in [4.69, 9.17) is 9.40 Å². The van der Waals surface area contributed by atoms with E-state index in [1.807, 2.05) is 0 Å². The van der Waals surface area contributed by atoms with Crippen molar-refractivity contribution in [3.05, 3.63) is 29.2 Å². The molecule has 0 radical (unpaired) electrons. The summed E-state index contributed by atoms with van der Waals surface area (Å²) in [6, 6.07) is 4.43. The van der Waals surface area contributed by atoms with Gasteiger partial charge < -0.3 is 9.73 Å². The average Bonchev–Trinajstić information content (AvgIpc) is 3.01. The fourth-order valence-electron chi connectivity index (χ4n) is 6.01. The molecule has 1 aliphatic heterocycles. The maximum absolute atomic E-state index is 12.5. The van der Waals surface area contributed by atoms with Gasteiger partial charge in [-0.15, -0.1) is 0 Å². The fraction of sp³-hybridized carbons (Fsp3) is 0.619. The van der Waals surface area contributed by atoms with Crippen LogP contribution in [0.5, 0.6) is 0 Å². The van der Waals surface area contributed by atoms with E-state index in [2.05, 4.69) is 38.2 Å². The highest BCUT2D eigenvalue weighted by atomic mass is 16.3. The first-order valence-corrected chi connectivity index (χ1v) is 9.54. The van der Waals surface area contributed by atoms with Crippen LogP contribution in [0.25, 0.3) is 11.1 Å². The predicted molar refractivity (Wildman–Crippen MR) is 96.5 cm³/mol. The first-order chi connectivity index (χ1) is 11.8. The predicted octanol–water partition coefficient (Wildman–Crippen LogP) is 4.04. The van der Waals surface area contributed by atoms with Crippen LogP contribution in [0, 0.1) is 5.41 Å². The SMILES string of the molecule is C[C@@]12C[C@@](C)(C[C@](C)(c3nc4cc5c(cc4o3)CCCC5)C1)C(=O)N2. The molecular weight excluding hydrogens is 312 g/mol. The zero-order chi connectivity index (χ0) is 17.4. The molecule has 2 aliphatic carbocycles. The first-order valence-electron chi connectivity index (χ1n) is 9.54. The van der Waals surface area contributed by atoms with Crippen LogP contribution in [0.2, 0.25) is 0 Å². The van der Waals surface area contributed by atoms with Crippen LogP contribution in [-0.2, 0) is 23.1 Å². The number of nitrogens with one attached hydrogen (secondary N) is 1. The molecule has 1 saturated heterocycles. The minimum atomic E-state index is -0.318. The summed E-state index contributed by atoms with van der Waals surface area (Å²) in [5.74, 6) is 0.990. The van der Waals surface area contributed by atoms with Gasteiger partial charge in [0.1, 0.15) is 5.52 Å². The summed E-state index contributed by atoms with van der Waals surface area (Å²) < 4.78 is 6.28. The fourth-order valence-corrected chi connectivity index (χ4v) is 6.01. The van der Waals surface area contributed by atoms with Crippen molar-refractivity contribution >= 4 is 17.0 Å². The van der Waals surface area contributed by atoms with Crippen molar-refractivity contribution < 1.29 is 9.21 Å². The third kappa shape index (κ3) is 2.19. The van der Waals surface area contributed by atoms with E-state index in [1.54, 1.807) is 0 Å². The molecule has 1 aromatic carbocycles. The number of carbonyl (C=O) groups excluding carboxylic acids is 1. The lowest BCUT2D eigenvalue weighted by Gasteiger charge is -2.42. The molecule has 1 amide bonds. The van der Waals surface area contributed by atoms with Crippen LogP contribution in [0.4, 0.5) is 0 Å². The maximum atomic E-state index is 12.5. The molecule has 2 aromatic rings. The van der Waals surface area contributed by atoms with Gasteiger partial charge in [0.15, 0.2) is 5.58 Å². The van der Waals surface area contributed by atoms with E-state index in [0.29, 0.717) is 0 Å². The number of aryl methyl sites for hydroxylation is 2. The minimum absolute atomic E-state index is 0.154. The van der Waals surface area contributed by atoms with Crippen molar-refractivity contribution in [1.29, 1.82) is 0 Å². The molecule has 1 N–H and O–H groups in total. The van der Waals surface area contributed by atoms with Crippen molar-refractivity contribution in [2.24, 2.45) is 5.41 Å². The molecule has 2 fully saturated rings. The van der Waals surface area contributed by atoms with Gasteiger partial charge in [0.2, 0.25) is 11.8 Å². The van der Waals surface area contributed by atoms with E-state index in [9.17, 15) is 4.79 Å². The first kappa shape index (κ1) is 15.4. The number of hydrogen-bond acceptors (Lipinski definition) is 3. The number of hydrogen-bond donors (Lipinski definition) is 1. The molecule has 132 valence electrons. The normalized spacial score (nSPS) is 37.2. The smallest absolute Gasteiger partial charge is 0.226 e. The number of oxazole rings is 1. The maximum Gasteiger partial charge on any atom is 0.226 e. The number of aromatic nitrogens is 1. The molecule has 5 rings (SSSR count). The van der Waals surface area contributed by atoms with Crippen LogP contribution in [0.1, 0.15) is 69.9 Å². The van der Waals surface area contributed by atoms with Crippen LogP contribution >= 0.6 is 0 Å². The Morgan fingerprint density at radius 3 is 2.40 bits per heavy atom. The van der Waals surface area contributed by atoms with Crippen molar-refractivity contribution in [2.75, 3.05) is 0 Å². The van der Waals surface area contributed by atoms with Crippen molar-refractivity contribution in [1.82, 2.24) is 10.3 Å². The Bertz CT molecular complexity index is 858. The second kappa shape index (κ2) is 4.66. The van der Waals surface area contributed by atoms with E-state index < -0.39 is 0 Å². The Kier molecular flexibility index (Phi) is 2.87. The van der Waals surface area contributed by atoms with Gasteiger partial charge in [-0.1, -0.05) is 13.8 Å². The number of rotatable bonds is 1. The zero-order valence-electron chi connectivity index (χ0n) is 15.4. The summed E-state index contributed by atoms with van der Waals surface area (Å²) in [7, 11) is 0. The number of nitrogens with zero attached hydrogens (tertiary/aromatic N) is 1. The molecule has 1 aromatic heterocycles. The highest BCUT2D eigenvalue weighted by molar-refractivity contribution is 5.86. The van der Waals surface area contributed by atoms with Crippen LogP contribution < -0.4 is 5.32 Å². The van der Waals surface area contributed by atoms with Crippen molar-refractivity contribution in [2.45, 2.75) is 76.7 Å². The molecule has 0 unspecified atom stereocenters. The monoisotopic (exact) mass is 338 g/mol. The summed E-state index contributed by atoms with van der Waals surface area (Å²) in [4.78, 5) is 17.4. The molecule has 25 heavy (non-hydrogen) atoms. The Morgan fingerprint density at radius 2 is 1.68 bits per heavy atom. The quantitative estimate of drug-likeness (QED) is 0.853. The molecule has 2 bridgehead atoms. The standard InChI is InChI=1S/C21H26N2O2/c1-19-10-20(2,12-21(3,11-19)23-17(19)24)18-22-15-8-13-6-4-5-7-14(13)9-16(15)25-18/h8-9H,4-7,10-12H2,1-3H3,(H,23,24)/t19-,20+,21-/m1/s1. The lowest BCUT2D eigenvalue weighted by molar-refractivity contribution is -0.127. The molecule has 2 heterocycles. The van der Waals surface area contributed by atoms with Crippen LogP contribution in [-0.4, -0.2) is 16.4 Å². The topological polar surface area (TPSA) is 55.1 Å². The van der Waals surface area contributed by atoms with Crippen LogP contribution in [0.3, 0.4) is 0 Å². The summed E-state index contributed by atoms with van der Waals surface area (Å²) in [5, 5.41) is 3.23. The second-order valence-corrected chi connectivity index (χ2v) is 9.48. The highest BCUT2D eigenvalue weighted by Crippen LogP contribution is 2.55. The van der Waals surface area contributed by atoms with Crippen molar-refractivity contribution in [3.63, 3.8) is 0 Å². The Labute approximate surface area is 148 Å². The number of amides is 1. The van der Waals surface area contributed by atoms with Crippen molar-refractivity contribution in [3.8, 4) is 0 Å². The number of carbonyl (C=O) groups is 1. The second-order valence-electron chi connectivity index (χ2n) is 9.48. The molecule has 4 nitrogen and oxygen atoms in total. The summed E-state index contributed by atoms with van der Waals surface area (Å²) in [5.41, 5.74) is 4.06.